The van der Waals surface area contributed by atoms with Crippen molar-refractivity contribution in [3.8, 4) is 11.5 Å². The van der Waals surface area contributed by atoms with Gasteiger partial charge in [0.15, 0.2) is 11.5 Å². The van der Waals surface area contributed by atoms with Crippen LogP contribution in [0.25, 0.3) is 0 Å². The number of carbonyl (C=O) groups excluding carboxylic acids is 1. The molecule has 0 saturated carbocycles. The van der Waals surface area contributed by atoms with Gasteiger partial charge in [-0.15, -0.1) is 0 Å². The van der Waals surface area contributed by atoms with E-state index in [1.807, 2.05) is 18.2 Å². The number of nitrogens with one attached hydrogen (secondary N) is 1. The molecule has 0 spiro atoms. The number of phenols is 2. The van der Waals surface area contributed by atoms with Crippen LogP contribution < -0.4 is 5.32 Å². The van der Waals surface area contributed by atoms with Crippen LogP contribution in [0.1, 0.15) is 5.56 Å². The molecular weight excluding hydrogens is 244 g/mol. The van der Waals surface area contributed by atoms with E-state index in [-0.39, 0.29) is 23.8 Å². The summed E-state index contributed by atoms with van der Waals surface area (Å²) in [6.07, 6.45) is 3.70. The second kappa shape index (κ2) is 7.71. The maximum absolute atomic E-state index is 10.9. The molecule has 2 aromatic rings. The number of hydrogen-bond donors (Lipinski definition) is 3. The molecule has 0 atom stereocenters. The van der Waals surface area contributed by atoms with Crippen LogP contribution >= 0.6 is 0 Å². The number of likely N-dealkylation sites (N-methyl/N-ethyl adjacent to an activating group) is 1. The topological polar surface area (TPSA) is 82.5 Å². The number of nitrogens with zero attached hydrogens (tertiary/aromatic N) is 1. The lowest BCUT2D eigenvalue weighted by Crippen LogP contribution is -2.19. The number of phenolic OH excluding ortho intramolecular Hbond substituents is 2. The molecule has 0 radical (unpaired) electrons. The molecule has 0 unspecified atom stereocenters. The van der Waals surface area contributed by atoms with Crippen LogP contribution in [0.5, 0.6) is 11.5 Å². The molecule has 100 valence electrons. The first-order valence-corrected chi connectivity index (χ1v) is 5.70. The van der Waals surface area contributed by atoms with Crippen LogP contribution in [0, 0.1) is 0 Å². The standard InChI is InChI=1S/C9H11NO3.C5H5N/c1-10-9(13)5-6-2-3-7(11)8(12)4-6;1-2-4-6-5-3-1/h2-4,11-12H,5H2,1H3,(H,10,13);1-5H. The fraction of sp³-hybridized carbons (Fsp3) is 0.143. The summed E-state index contributed by atoms with van der Waals surface area (Å²) in [5, 5.41) is 20.6. The van der Waals surface area contributed by atoms with Crippen molar-refractivity contribution >= 4 is 5.91 Å². The summed E-state index contributed by atoms with van der Waals surface area (Å²) in [7, 11) is 1.54. The number of benzene rings is 1. The number of rotatable bonds is 2. The summed E-state index contributed by atoms with van der Waals surface area (Å²) in [6.45, 7) is 0. The average molecular weight is 260 g/mol. The molecular formula is C14H16N2O3. The third kappa shape index (κ3) is 5.54. The van der Waals surface area contributed by atoms with Gasteiger partial charge < -0.3 is 15.5 Å². The Morgan fingerprint density at radius 1 is 1.16 bits per heavy atom. The summed E-state index contributed by atoms with van der Waals surface area (Å²) < 4.78 is 0. The molecule has 0 bridgehead atoms. The van der Waals surface area contributed by atoms with E-state index >= 15 is 0 Å². The number of amides is 1. The van der Waals surface area contributed by atoms with Crippen molar-refractivity contribution in [2.75, 3.05) is 7.05 Å². The van der Waals surface area contributed by atoms with Crippen molar-refractivity contribution < 1.29 is 15.0 Å². The van der Waals surface area contributed by atoms with E-state index in [0.29, 0.717) is 5.56 Å². The highest BCUT2D eigenvalue weighted by molar-refractivity contribution is 5.78. The second-order valence-electron chi connectivity index (χ2n) is 3.70. The highest BCUT2D eigenvalue weighted by Gasteiger charge is 2.03. The third-order valence-corrected chi connectivity index (χ3v) is 2.25. The quantitative estimate of drug-likeness (QED) is 0.714. The monoisotopic (exact) mass is 260 g/mol. The smallest absolute Gasteiger partial charge is 0.224 e. The third-order valence-electron chi connectivity index (χ3n) is 2.25. The van der Waals surface area contributed by atoms with Crippen LogP contribution in [-0.2, 0) is 11.2 Å². The van der Waals surface area contributed by atoms with E-state index in [0.717, 1.165) is 0 Å². The highest BCUT2D eigenvalue weighted by atomic mass is 16.3. The van der Waals surface area contributed by atoms with Crippen molar-refractivity contribution in [2.45, 2.75) is 6.42 Å². The lowest BCUT2D eigenvalue weighted by molar-refractivity contribution is -0.119. The summed E-state index contributed by atoms with van der Waals surface area (Å²) >= 11 is 0. The summed E-state index contributed by atoms with van der Waals surface area (Å²) in [5.41, 5.74) is 0.662. The first-order chi connectivity index (χ1) is 9.13. The number of aromatic nitrogens is 1. The van der Waals surface area contributed by atoms with Crippen molar-refractivity contribution in [1.82, 2.24) is 10.3 Å². The number of aromatic hydroxyl groups is 2. The lowest BCUT2D eigenvalue weighted by Gasteiger charge is -2.02. The molecule has 1 amide bonds. The molecule has 5 heteroatoms. The zero-order valence-electron chi connectivity index (χ0n) is 10.6. The van der Waals surface area contributed by atoms with Crippen LogP contribution in [0.4, 0.5) is 0 Å². The van der Waals surface area contributed by atoms with Gasteiger partial charge in [-0.25, -0.2) is 0 Å². The van der Waals surface area contributed by atoms with Gasteiger partial charge in [0.05, 0.1) is 6.42 Å². The molecule has 0 aliphatic rings. The number of hydrogen-bond acceptors (Lipinski definition) is 4. The number of carbonyl (C=O) groups is 1. The first-order valence-electron chi connectivity index (χ1n) is 5.70. The van der Waals surface area contributed by atoms with E-state index in [9.17, 15) is 4.79 Å². The van der Waals surface area contributed by atoms with Crippen LogP contribution in [0.3, 0.4) is 0 Å². The van der Waals surface area contributed by atoms with Gasteiger partial charge in [0.2, 0.25) is 5.91 Å². The minimum atomic E-state index is -0.207. The molecule has 0 aliphatic heterocycles. The Hall–Kier alpha value is -2.56. The minimum Gasteiger partial charge on any atom is -0.504 e. The molecule has 0 fully saturated rings. The largest absolute Gasteiger partial charge is 0.504 e. The van der Waals surface area contributed by atoms with Crippen molar-refractivity contribution in [2.24, 2.45) is 0 Å². The van der Waals surface area contributed by atoms with Crippen LogP contribution in [-0.4, -0.2) is 28.2 Å². The van der Waals surface area contributed by atoms with E-state index in [1.165, 1.54) is 12.1 Å². The maximum atomic E-state index is 10.9. The summed E-state index contributed by atoms with van der Waals surface area (Å²) in [5.74, 6) is -0.521. The Labute approximate surface area is 111 Å². The van der Waals surface area contributed by atoms with Gasteiger partial charge in [-0.3, -0.25) is 9.78 Å². The van der Waals surface area contributed by atoms with Gasteiger partial charge in [0.25, 0.3) is 0 Å². The van der Waals surface area contributed by atoms with Crippen molar-refractivity contribution in [3.63, 3.8) is 0 Å². The Morgan fingerprint density at radius 2 is 1.84 bits per heavy atom. The fourth-order valence-electron chi connectivity index (χ4n) is 1.27. The summed E-state index contributed by atoms with van der Waals surface area (Å²) in [6, 6.07) is 10.0. The van der Waals surface area contributed by atoms with Gasteiger partial charge in [-0.05, 0) is 29.8 Å². The molecule has 1 heterocycles. The molecule has 1 aromatic heterocycles. The van der Waals surface area contributed by atoms with E-state index in [1.54, 1.807) is 25.5 Å². The lowest BCUT2D eigenvalue weighted by atomic mass is 10.1. The Balaban J connectivity index is 0.000000250. The first kappa shape index (κ1) is 14.5. The van der Waals surface area contributed by atoms with E-state index in [2.05, 4.69) is 10.3 Å². The number of pyridine rings is 1. The fourth-order valence-corrected chi connectivity index (χ4v) is 1.27. The van der Waals surface area contributed by atoms with Gasteiger partial charge in [-0.2, -0.15) is 0 Å². The zero-order chi connectivity index (χ0) is 14.1. The van der Waals surface area contributed by atoms with Gasteiger partial charge in [0.1, 0.15) is 0 Å². The van der Waals surface area contributed by atoms with Crippen LogP contribution in [0.15, 0.2) is 48.8 Å². The van der Waals surface area contributed by atoms with E-state index < -0.39 is 0 Å². The Bertz CT molecular complexity index is 489. The predicted octanol–water partition coefficient (Wildman–Crippen LogP) is 1.47. The van der Waals surface area contributed by atoms with Crippen molar-refractivity contribution in [3.05, 3.63) is 54.4 Å². The van der Waals surface area contributed by atoms with Crippen molar-refractivity contribution in [1.29, 1.82) is 0 Å². The molecule has 19 heavy (non-hydrogen) atoms. The molecule has 0 aliphatic carbocycles. The summed E-state index contributed by atoms with van der Waals surface area (Å²) in [4.78, 5) is 14.7. The molecule has 1 aromatic carbocycles. The second-order valence-corrected chi connectivity index (χ2v) is 3.70. The minimum absolute atomic E-state index is 0.134. The molecule has 0 saturated heterocycles. The SMILES string of the molecule is CNC(=O)Cc1ccc(O)c(O)c1.c1ccncc1. The molecule has 5 nitrogen and oxygen atoms in total. The van der Waals surface area contributed by atoms with E-state index in [4.69, 9.17) is 10.2 Å². The highest BCUT2D eigenvalue weighted by Crippen LogP contribution is 2.24. The Morgan fingerprint density at radius 3 is 2.26 bits per heavy atom. The van der Waals surface area contributed by atoms with Gasteiger partial charge >= 0.3 is 0 Å². The zero-order valence-corrected chi connectivity index (χ0v) is 10.6. The molecule has 3 N–H and O–H groups in total. The van der Waals surface area contributed by atoms with Crippen LogP contribution in [0.2, 0.25) is 0 Å². The van der Waals surface area contributed by atoms with Gasteiger partial charge in [-0.1, -0.05) is 12.1 Å². The molecule has 2 rings (SSSR count). The predicted molar refractivity (Wildman–Crippen MR) is 71.8 cm³/mol. The Kier molecular flexibility index (Phi) is 5.88. The normalized spacial score (nSPS) is 9.11. The maximum Gasteiger partial charge on any atom is 0.224 e. The average Bonchev–Trinajstić information content (AvgIpc) is 2.45. The van der Waals surface area contributed by atoms with Gasteiger partial charge in [0, 0.05) is 19.4 Å².